The summed E-state index contributed by atoms with van der Waals surface area (Å²) < 4.78 is 11.3. The van der Waals surface area contributed by atoms with E-state index < -0.39 is 10.8 Å². The predicted molar refractivity (Wildman–Crippen MR) is 88.4 cm³/mol. The summed E-state index contributed by atoms with van der Waals surface area (Å²) in [7, 11) is -0.920. The molecular formula is C15H18N2O2S2. The fraction of sp³-hybridized carbons (Fsp3) is 0.333. The second-order valence-electron chi connectivity index (χ2n) is 5.10. The van der Waals surface area contributed by atoms with Crippen molar-refractivity contribution in [2.45, 2.75) is 25.5 Å². The lowest BCUT2D eigenvalue weighted by Gasteiger charge is -2.04. The number of carbonyl (C=O) groups is 1. The number of anilines is 1. The van der Waals surface area contributed by atoms with Crippen LogP contribution in [0.25, 0.3) is 0 Å². The highest BCUT2D eigenvalue weighted by atomic mass is 32.2. The third kappa shape index (κ3) is 4.47. The highest BCUT2D eigenvalue weighted by Gasteiger charge is 2.11. The van der Waals surface area contributed by atoms with Crippen LogP contribution in [0.15, 0.2) is 29.6 Å². The summed E-state index contributed by atoms with van der Waals surface area (Å²) in [6, 6.07) is 7.19. The van der Waals surface area contributed by atoms with E-state index in [4.69, 9.17) is 0 Å². The van der Waals surface area contributed by atoms with Gasteiger partial charge in [-0.25, -0.2) is 4.98 Å². The molecule has 0 saturated carbocycles. The normalized spacial score (nSPS) is 12.4. The van der Waals surface area contributed by atoms with Crippen molar-refractivity contribution in [2.75, 3.05) is 11.6 Å². The van der Waals surface area contributed by atoms with Crippen LogP contribution in [0.1, 0.15) is 41.4 Å². The van der Waals surface area contributed by atoms with Crippen LogP contribution < -0.4 is 5.32 Å². The minimum absolute atomic E-state index is 0.191. The van der Waals surface area contributed by atoms with Crippen molar-refractivity contribution in [2.24, 2.45) is 0 Å². The van der Waals surface area contributed by atoms with Crippen LogP contribution >= 0.6 is 11.3 Å². The number of carbonyl (C=O) groups excluding carboxylic acids is 1. The van der Waals surface area contributed by atoms with Crippen molar-refractivity contribution in [3.63, 3.8) is 0 Å². The molecule has 0 aliphatic heterocycles. The molecule has 21 heavy (non-hydrogen) atoms. The van der Waals surface area contributed by atoms with E-state index in [9.17, 15) is 9.00 Å². The summed E-state index contributed by atoms with van der Waals surface area (Å²) >= 11 is 1.42. The monoisotopic (exact) mass is 322 g/mol. The fourth-order valence-corrected chi connectivity index (χ4v) is 3.33. The average molecular weight is 322 g/mol. The Labute approximate surface area is 131 Å². The third-order valence-corrected chi connectivity index (χ3v) is 4.41. The molecule has 1 N–H and O–H groups in total. The largest absolute Gasteiger partial charge is 0.298 e. The molecule has 0 bridgehead atoms. The fourth-order valence-electron chi connectivity index (χ4n) is 1.82. The molecule has 4 nitrogen and oxygen atoms in total. The molecule has 1 aromatic carbocycles. The highest BCUT2D eigenvalue weighted by molar-refractivity contribution is 7.83. The zero-order chi connectivity index (χ0) is 15.4. The smallest absolute Gasteiger partial charge is 0.257 e. The third-order valence-electron chi connectivity index (χ3n) is 2.89. The molecule has 2 rings (SSSR count). The summed E-state index contributed by atoms with van der Waals surface area (Å²) in [4.78, 5) is 16.6. The van der Waals surface area contributed by atoms with E-state index >= 15 is 0 Å². The Bertz CT molecular complexity index is 665. The first-order valence-electron chi connectivity index (χ1n) is 6.61. The van der Waals surface area contributed by atoms with E-state index in [0.29, 0.717) is 22.4 Å². The summed E-state index contributed by atoms with van der Waals surface area (Å²) in [5, 5.41) is 5.37. The highest BCUT2D eigenvalue weighted by Crippen LogP contribution is 2.22. The molecule has 0 aliphatic carbocycles. The number of nitrogens with zero attached hydrogens (tertiary/aromatic N) is 1. The predicted octanol–water partition coefficient (Wildman–Crippen LogP) is 3.40. The number of thiazole rings is 1. The van der Waals surface area contributed by atoms with Gasteiger partial charge in [0.2, 0.25) is 0 Å². The van der Waals surface area contributed by atoms with Gasteiger partial charge in [-0.3, -0.25) is 14.3 Å². The standard InChI is InChI=1S/C15H18N2O2S2/c1-10(2)13-8-20-15(16-13)17-14(18)12-6-4-5-11(7-12)9-21(3)19/h4-8,10H,9H2,1-3H3,(H,16,17,18). The lowest BCUT2D eigenvalue weighted by molar-refractivity contribution is 0.102. The molecule has 1 atom stereocenters. The van der Waals surface area contributed by atoms with E-state index in [2.05, 4.69) is 24.1 Å². The van der Waals surface area contributed by atoms with Crippen molar-refractivity contribution in [1.82, 2.24) is 4.98 Å². The maximum atomic E-state index is 12.2. The Morgan fingerprint density at radius 2 is 2.19 bits per heavy atom. The summed E-state index contributed by atoms with van der Waals surface area (Å²) in [6.07, 6.45) is 1.65. The van der Waals surface area contributed by atoms with Gasteiger partial charge in [-0.15, -0.1) is 11.3 Å². The van der Waals surface area contributed by atoms with Gasteiger partial charge in [0, 0.05) is 33.8 Å². The molecule has 1 heterocycles. The van der Waals surface area contributed by atoms with Crippen molar-refractivity contribution < 1.29 is 9.00 Å². The minimum Gasteiger partial charge on any atom is -0.298 e. The molecule has 0 aliphatic rings. The second-order valence-corrected chi connectivity index (χ2v) is 7.40. The summed E-state index contributed by atoms with van der Waals surface area (Å²) in [5.74, 6) is 0.605. The molecule has 112 valence electrons. The van der Waals surface area contributed by atoms with Crippen LogP contribution in [-0.4, -0.2) is 21.4 Å². The van der Waals surface area contributed by atoms with Gasteiger partial charge < -0.3 is 0 Å². The minimum atomic E-state index is -0.920. The van der Waals surface area contributed by atoms with Crippen molar-refractivity contribution >= 4 is 33.2 Å². The lowest BCUT2D eigenvalue weighted by Crippen LogP contribution is -2.12. The SMILES string of the molecule is CC(C)c1csc(NC(=O)c2cccc(CS(C)=O)c2)n1. The number of hydrogen-bond acceptors (Lipinski definition) is 4. The average Bonchev–Trinajstić information content (AvgIpc) is 2.87. The number of amides is 1. The molecule has 0 fully saturated rings. The van der Waals surface area contributed by atoms with Crippen LogP contribution in [0.2, 0.25) is 0 Å². The molecule has 1 amide bonds. The zero-order valence-electron chi connectivity index (χ0n) is 12.3. The van der Waals surface area contributed by atoms with E-state index in [1.54, 1.807) is 24.5 Å². The Kier molecular flexibility index (Phi) is 5.25. The lowest BCUT2D eigenvalue weighted by atomic mass is 10.1. The zero-order valence-corrected chi connectivity index (χ0v) is 13.9. The van der Waals surface area contributed by atoms with Crippen molar-refractivity contribution in [3.05, 3.63) is 46.5 Å². The maximum Gasteiger partial charge on any atom is 0.257 e. The Morgan fingerprint density at radius 3 is 2.81 bits per heavy atom. The van der Waals surface area contributed by atoms with E-state index in [1.807, 2.05) is 11.4 Å². The van der Waals surface area contributed by atoms with Gasteiger partial charge in [-0.05, 0) is 23.6 Å². The van der Waals surface area contributed by atoms with Crippen LogP contribution in [0, 0.1) is 0 Å². The molecular weight excluding hydrogens is 304 g/mol. The Balaban J connectivity index is 2.10. The first-order chi connectivity index (χ1) is 9.95. The quantitative estimate of drug-likeness (QED) is 0.918. The number of nitrogens with one attached hydrogen (secondary N) is 1. The number of hydrogen-bond donors (Lipinski definition) is 1. The van der Waals surface area contributed by atoms with E-state index in [0.717, 1.165) is 11.3 Å². The van der Waals surface area contributed by atoms with Gasteiger partial charge in [-0.2, -0.15) is 0 Å². The first kappa shape index (κ1) is 15.9. The maximum absolute atomic E-state index is 12.2. The Hall–Kier alpha value is -1.53. The van der Waals surface area contributed by atoms with Gasteiger partial charge >= 0.3 is 0 Å². The van der Waals surface area contributed by atoms with Gasteiger partial charge in [0.15, 0.2) is 5.13 Å². The van der Waals surface area contributed by atoms with Crippen molar-refractivity contribution in [1.29, 1.82) is 0 Å². The van der Waals surface area contributed by atoms with Gasteiger partial charge in [0.05, 0.1) is 5.69 Å². The van der Waals surface area contributed by atoms with E-state index in [1.165, 1.54) is 11.3 Å². The summed E-state index contributed by atoms with van der Waals surface area (Å²) in [5.41, 5.74) is 2.43. The topological polar surface area (TPSA) is 59.1 Å². The molecule has 1 aromatic heterocycles. The molecule has 2 aromatic rings. The number of benzene rings is 1. The molecule has 6 heteroatoms. The van der Waals surface area contributed by atoms with E-state index in [-0.39, 0.29) is 5.91 Å². The number of aromatic nitrogens is 1. The van der Waals surface area contributed by atoms with Gasteiger partial charge in [0.25, 0.3) is 5.91 Å². The first-order valence-corrected chi connectivity index (χ1v) is 9.22. The Morgan fingerprint density at radius 1 is 1.43 bits per heavy atom. The van der Waals surface area contributed by atoms with Crippen molar-refractivity contribution in [3.8, 4) is 0 Å². The second kappa shape index (κ2) is 6.95. The van der Waals surface area contributed by atoms with Crippen LogP contribution in [0.4, 0.5) is 5.13 Å². The molecule has 0 radical (unpaired) electrons. The van der Waals surface area contributed by atoms with Crippen LogP contribution in [-0.2, 0) is 16.6 Å². The molecule has 0 saturated heterocycles. The van der Waals surface area contributed by atoms with Crippen LogP contribution in [0.5, 0.6) is 0 Å². The van der Waals surface area contributed by atoms with Gasteiger partial charge in [-0.1, -0.05) is 26.0 Å². The molecule has 1 unspecified atom stereocenters. The number of rotatable bonds is 5. The van der Waals surface area contributed by atoms with Crippen LogP contribution in [0.3, 0.4) is 0 Å². The molecule has 0 spiro atoms. The summed E-state index contributed by atoms with van der Waals surface area (Å²) in [6.45, 7) is 4.13. The van der Waals surface area contributed by atoms with Gasteiger partial charge in [0.1, 0.15) is 0 Å².